The number of aromatic nitrogens is 4. The summed E-state index contributed by atoms with van der Waals surface area (Å²) in [5.74, 6) is 0.941. The van der Waals surface area contributed by atoms with Crippen molar-refractivity contribution >= 4 is 22.6 Å². The zero-order chi connectivity index (χ0) is 22.4. The molecule has 6 rings (SSSR count). The maximum Gasteiger partial charge on any atom is 0.251 e. The summed E-state index contributed by atoms with van der Waals surface area (Å²) < 4.78 is 1.71. The van der Waals surface area contributed by atoms with E-state index in [-0.39, 0.29) is 23.3 Å². The molecule has 0 spiro atoms. The number of hydrogen-bond acceptors (Lipinski definition) is 5. The third kappa shape index (κ3) is 3.47. The number of anilines is 1. The zero-order valence-corrected chi connectivity index (χ0v) is 18.0. The maximum atomic E-state index is 13.4. The Morgan fingerprint density at radius 3 is 2.85 bits per heavy atom. The van der Waals surface area contributed by atoms with Gasteiger partial charge in [-0.15, -0.1) is 0 Å². The van der Waals surface area contributed by atoms with Gasteiger partial charge >= 0.3 is 0 Å². The van der Waals surface area contributed by atoms with Crippen molar-refractivity contribution in [1.82, 2.24) is 25.1 Å². The van der Waals surface area contributed by atoms with Gasteiger partial charge in [0.15, 0.2) is 0 Å². The maximum absolute atomic E-state index is 13.4. The van der Waals surface area contributed by atoms with Crippen LogP contribution < -0.4 is 15.8 Å². The van der Waals surface area contributed by atoms with Gasteiger partial charge < -0.3 is 10.2 Å². The summed E-state index contributed by atoms with van der Waals surface area (Å²) in [5, 5.41) is 10.9. The van der Waals surface area contributed by atoms with Crippen molar-refractivity contribution in [3.63, 3.8) is 0 Å². The van der Waals surface area contributed by atoms with Crippen molar-refractivity contribution in [3.8, 4) is 0 Å². The highest BCUT2D eigenvalue weighted by atomic mass is 16.2. The molecule has 166 valence electrons. The van der Waals surface area contributed by atoms with E-state index in [1.807, 2.05) is 30.3 Å². The van der Waals surface area contributed by atoms with E-state index in [0.717, 1.165) is 41.1 Å². The van der Waals surface area contributed by atoms with Crippen molar-refractivity contribution in [2.75, 3.05) is 18.0 Å². The number of carbonyl (C=O) groups excluding carboxylic acids is 1. The molecule has 8 heteroatoms. The molecule has 8 nitrogen and oxygen atoms in total. The number of amides is 1. The van der Waals surface area contributed by atoms with Crippen LogP contribution in [0.25, 0.3) is 10.9 Å². The number of pyridine rings is 2. The van der Waals surface area contributed by atoms with E-state index < -0.39 is 6.04 Å². The molecule has 3 atom stereocenters. The standard InChI is InChI=1S/C25H24N6O2/c32-23-7-3-6-21-17-12-18(24(31(21)23)25(33)26-13-19-10-11-27-29-19)15-30(14-17)22-9-8-16-4-1-2-5-20(16)28-22/h1-11,17-18,24H,12-15H2,(H,26,33)(H,27,29)/t17-,18+,24+/m0/s1. The average Bonchev–Trinajstić information content (AvgIpc) is 3.37. The minimum atomic E-state index is -0.559. The summed E-state index contributed by atoms with van der Waals surface area (Å²) >= 11 is 0. The number of nitrogens with zero attached hydrogens (tertiary/aromatic N) is 4. The fourth-order valence-electron chi connectivity index (χ4n) is 5.36. The van der Waals surface area contributed by atoms with E-state index >= 15 is 0 Å². The first-order valence-corrected chi connectivity index (χ1v) is 11.3. The SMILES string of the molecule is O=C(NCc1ccn[nH]1)[C@H]1[C@@H]2C[C@@H](CN(c3ccc4ccccc4n3)C2)c2cccc(=O)n21. The molecular formula is C25H24N6O2. The highest BCUT2D eigenvalue weighted by Crippen LogP contribution is 2.42. The van der Waals surface area contributed by atoms with Gasteiger partial charge in [-0.25, -0.2) is 4.98 Å². The summed E-state index contributed by atoms with van der Waals surface area (Å²) in [6.07, 6.45) is 2.53. The summed E-state index contributed by atoms with van der Waals surface area (Å²) in [4.78, 5) is 33.4. The van der Waals surface area contributed by atoms with Crippen LogP contribution in [-0.4, -0.2) is 38.7 Å². The lowest BCUT2D eigenvalue weighted by Crippen LogP contribution is -2.53. The first-order valence-electron chi connectivity index (χ1n) is 11.3. The Kier molecular flexibility index (Phi) is 4.71. The van der Waals surface area contributed by atoms with Gasteiger partial charge in [0, 0.05) is 48.3 Å². The van der Waals surface area contributed by atoms with Crippen LogP contribution in [0.3, 0.4) is 0 Å². The molecule has 5 heterocycles. The Bertz CT molecular complexity index is 1380. The number of carbonyl (C=O) groups is 1. The van der Waals surface area contributed by atoms with Crippen molar-refractivity contribution in [3.05, 3.63) is 88.6 Å². The van der Waals surface area contributed by atoms with Crippen molar-refractivity contribution < 1.29 is 4.79 Å². The molecule has 0 unspecified atom stereocenters. The molecule has 0 radical (unpaired) electrons. The number of piperidine rings is 1. The van der Waals surface area contributed by atoms with Crippen molar-refractivity contribution in [2.45, 2.75) is 24.9 Å². The monoisotopic (exact) mass is 440 g/mol. The Hall–Kier alpha value is -3.94. The van der Waals surface area contributed by atoms with Crippen LogP contribution in [0, 0.1) is 5.92 Å². The number of fused-ring (bicyclic) bond motifs is 5. The van der Waals surface area contributed by atoms with E-state index in [1.54, 1.807) is 22.9 Å². The largest absolute Gasteiger partial charge is 0.356 e. The van der Waals surface area contributed by atoms with E-state index in [2.05, 4.69) is 38.6 Å². The molecule has 1 saturated heterocycles. The number of aromatic amines is 1. The second-order valence-corrected chi connectivity index (χ2v) is 8.86. The van der Waals surface area contributed by atoms with Gasteiger partial charge in [0.25, 0.3) is 5.56 Å². The number of para-hydroxylation sites is 1. The van der Waals surface area contributed by atoms with Crippen LogP contribution in [0.1, 0.15) is 29.8 Å². The molecule has 1 fully saturated rings. The Labute approximate surface area is 190 Å². The second kappa shape index (κ2) is 7.88. The number of benzene rings is 1. The lowest BCUT2D eigenvalue weighted by Gasteiger charge is -2.46. The summed E-state index contributed by atoms with van der Waals surface area (Å²) in [5.41, 5.74) is 2.58. The Balaban J connectivity index is 1.35. The van der Waals surface area contributed by atoms with Crippen LogP contribution in [0.5, 0.6) is 0 Å². The molecule has 2 N–H and O–H groups in total. The fourth-order valence-corrected chi connectivity index (χ4v) is 5.36. The van der Waals surface area contributed by atoms with Gasteiger partial charge in [0.05, 0.1) is 17.8 Å². The van der Waals surface area contributed by atoms with Crippen molar-refractivity contribution in [2.24, 2.45) is 5.92 Å². The van der Waals surface area contributed by atoms with Gasteiger partial charge in [-0.3, -0.25) is 19.3 Å². The zero-order valence-electron chi connectivity index (χ0n) is 18.0. The number of hydrogen-bond donors (Lipinski definition) is 2. The van der Waals surface area contributed by atoms with E-state index in [0.29, 0.717) is 13.1 Å². The Morgan fingerprint density at radius 2 is 1.97 bits per heavy atom. The molecule has 0 aliphatic carbocycles. The second-order valence-electron chi connectivity index (χ2n) is 8.86. The first-order chi connectivity index (χ1) is 16.2. The number of H-pyrrole nitrogens is 1. The molecule has 0 saturated carbocycles. The molecular weight excluding hydrogens is 416 g/mol. The van der Waals surface area contributed by atoms with E-state index in [1.165, 1.54) is 0 Å². The van der Waals surface area contributed by atoms with Gasteiger partial charge in [0.2, 0.25) is 5.91 Å². The fraction of sp³-hybridized carbons (Fsp3) is 0.280. The molecule has 2 aliphatic heterocycles. The summed E-state index contributed by atoms with van der Waals surface area (Å²) in [6, 6.07) is 18.8. The minimum Gasteiger partial charge on any atom is -0.356 e. The number of rotatable bonds is 4. The molecule has 2 bridgehead atoms. The molecule has 2 aliphatic rings. The minimum absolute atomic E-state index is 0.00591. The summed E-state index contributed by atoms with van der Waals surface area (Å²) in [7, 11) is 0. The van der Waals surface area contributed by atoms with Crippen LogP contribution in [0.15, 0.2) is 71.7 Å². The lowest BCUT2D eigenvalue weighted by atomic mass is 9.78. The van der Waals surface area contributed by atoms with Crippen molar-refractivity contribution in [1.29, 1.82) is 0 Å². The van der Waals surface area contributed by atoms with Crippen LogP contribution >= 0.6 is 0 Å². The lowest BCUT2D eigenvalue weighted by molar-refractivity contribution is -0.127. The number of nitrogens with one attached hydrogen (secondary N) is 2. The first kappa shape index (κ1) is 19.7. The summed E-state index contributed by atoms with van der Waals surface area (Å²) in [6.45, 7) is 1.79. The van der Waals surface area contributed by atoms with Gasteiger partial charge in [-0.1, -0.05) is 24.3 Å². The third-order valence-corrected chi connectivity index (χ3v) is 6.84. The van der Waals surface area contributed by atoms with Crippen LogP contribution in [0.4, 0.5) is 5.82 Å². The van der Waals surface area contributed by atoms with Gasteiger partial charge in [0.1, 0.15) is 11.9 Å². The smallest absolute Gasteiger partial charge is 0.251 e. The molecule has 3 aromatic heterocycles. The van der Waals surface area contributed by atoms with E-state index in [9.17, 15) is 9.59 Å². The average molecular weight is 441 g/mol. The quantitative estimate of drug-likeness (QED) is 0.509. The van der Waals surface area contributed by atoms with Gasteiger partial charge in [-0.05, 0) is 36.8 Å². The van der Waals surface area contributed by atoms with Crippen LogP contribution in [0.2, 0.25) is 0 Å². The topological polar surface area (TPSA) is 95.9 Å². The Morgan fingerprint density at radius 1 is 1.06 bits per heavy atom. The van der Waals surface area contributed by atoms with E-state index in [4.69, 9.17) is 4.98 Å². The normalized spacial score (nSPS) is 21.6. The highest BCUT2D eigenvalue weighted by molar-refractivity contribution is 5.82. The predicted octanol–water partition coefficient (Wildman–Crippen LogP) is 2.60. The van der Waals surface area contributed by atoms with Crippen LogP contribution in [-0.2, 0) is 11.3 Å². The predicted molar refractivity (Wildman–Crippen MR) is 125 cm³/mol. The highest BCUT2D eigenvalue weighted by Gasteiger charge is 2.44. The molecule has 1 amide bonds. The third-order valence-electron chi connectivity index (χ3n) is 6.84. The molecule has 1 aromatic carbocycles. The van der Waals surface area contributed by atoms with Gasteiger partial charge in [-0.2, -0.15) is 5.10 Å². The molecule has 33 heavy (non-hydrogen) atoms. The molecule has 4 aromatic rings.